The SMILES string of the molecule is C/C=C/C(=O)Nc1cccc(-c2ccc(C(N)=O)c3c2C=C(C2=CCN(S(C)(=O)=O)CC2)C3)c1C. The first kappa shape index (κ1) is 24.6. The quantitative estimate of drug-likeness (QED) is 0.599. The van der Waals surface area contributed by atoms with Gasteiger partial charge in [-0.05, 0) is 83.9 Å². The van der Waals surface area contributed by atoms with Gasteiger partial charge in [-0.1, -0.05) is 36.4 Å². The van der Waals surface area contributed by atoms with Crippen molar-refractivity contribution in [1.82, 2.24) is 4.31 Å². The topological polar surface area (TPSA) is 110 Å². The summed E-state index contributed by atoms with van der Waals surface area (Å²) in [5, 5.41) is 2.92. The molecule has 4 rings (SSSR count). The van der Waals surface area contributed by atoms with Crippen LogP contribution < -0.4 is 11.1 Å². The van der Waals surface area contributed by atoms with Crippen molar-refractivity contribution >= 4 is 33.6 Å². The molecule has 0 aromatic heterocycles. The average molecular weight is 492 g/mol. The molecule has 8 heteroatoms. The van der Waals surface area contributed by atoms with E-state index in [2.05, 4.69) is 11.4 Å². The number of rotatable bonds is 6. The van der Waals surface area contributed by atoms with Crippen LogP contribution in [0.15, 0.2) is 59.7 Å². The molecule has 0 atom stereocenters. The number of amides is 2. The highest BCUT2D eigenvalue weighted by Gasteiger charge is 2.27. The van der Waals surface area contributed by atoms with E-state index in [4.69, 9.17) is 5.73 Å². The Balaban J connectivity index is 1.76. The molecule has 35 heavy (non-hydrogen) atoms. The number of carbonyl (C=O) groups excluding carboxylic acids is 2. The number of sulfonamides is 1. The van der Waals surface area contributed by atoms with Gasteiger partial charge in [0.25, 0.3) is 0 Å². The Labute approximate surface area is 206 Å². The van der Waals surface area contributed by atoms with Crippen LogP contribution >= 0.6 is 0 Å². The Morgan fingerprint density at radius 1 is 1.11 bits per heavy atom. The number of nitrogens with one attached hydrogen (secondary N) is 1. The van der Waals surface area contributed by atoms with Crippen molar-refractivity contribution in [2.24, 2.45) is 5.73 Å². The van der Waals surface area contributed by atoms with Gasteiger partial charge in [-0.15, -0.1) is 0 Å². The summed E-state index contributed by atoms with van der Waals surface area (Å²) in [6.07, 6.45) is 9.59. The van der Waals surface area contributed by atoms with Crippen LogP contribution in [0.4, 0.5) is 5.69 Å². The van der Waals surface area contributed by atoms with E-state index in [-0.39, 0.29) is 5.91 Å². The second-order valence-corrected chi connectivity index (χ2v) is 10.8. The lowest BCUT2D eigenvalue weighted by Crippen LogP contribution is -2.34. The zero-order chi connectivity index (χ0) is 25.3. The Morgan fingerprint density at radius 3 is 2.51 bits per heavy atom. The summed E-state index contributed by atoms with van der Waals surface area (Å²) < 4.78 is 25.2. The summed E-state index contributed by atoms with van der Waals surface area (Å²) in [6.45, 7) is 4.51. The number of nitrogens with zero attached hydrogens (tertiary/aromatic N) is 1. The lowest BCUT2D eigenvalue weighted by atomic mass is 9.90. The highest BCUT2D eigenvalue weighted by molar-refractivity contribution is 7.88. The van der Waals surface area contributed by atoms with Crippen LogP contribution in [0.1, 0.15) is 40.4 Å². The lowest BCUT2D eigenvalue weighted by Gasteiger charge is -2.24. The molecular formula is C27H29N3O4S. The van der Waals surface area contributed by atoms with E-state index >= 15 is 0 Å². The van der Waals surface area contributed by atoms with Crippen molar-refractivity contribution in [3.63, 3.8) is 0 Å². The molecule has 0 bridgehead atoms. The fourth-order valence-corrected chi connectivity index (χ4v) is 5.51. The highest BCUT2D eigenvalue weighted by atomic mass is 32.2. The first-order chi connectivity index (χ1) is 16.6. The third-order valence-corrected chi connectivity index (χ3v) is 7.83. The molecule has 3 N–H and O–H groups in total. The number of nitrogens with two attached hydrogens (primary N) is 1. The van der Waals surface area contributed by atoms with Crippen molar-refractivity contribution in [1.29, 1.82) is 0 Å². The molecule has 0 spiro atoms. The van der Waals surface area contributed by atoms with E-state index in [0.29, 0.717) is 31.5 Å². The predicted molar refractivity (Wildman–Crippen MR) is 139 cm³/mol. The Kier molecular flexibility index (Phi) is 6.78. The molecule has 2 aromatic rings. The van der Waals surface area contributed by atoms with Crippen LogP contribution in [-0.4, -0.2) is 43.9 Å². The second kappa shape index (κ2) is 9.64. The summed E-state index contributed by atoms with van der Waals surface area (Å²) in [5.74, 6) is -0.677. The molecule has 0 fully saturated rings. The van der Waals surface area contributed by atoms with E-state index in [0.717, 1.165) is 44.7 Å². The van der Waals surface area contributed by atoms with Gasteiger partial charge in [0.2, 0.25) is 21.8 Å². The maximum Gasteiger partial charge on any atom is 0.249 e. The molecule has 1 aliphatic carbocycles. The first-order valence-electron chi connectivity index (χ1n) is 11.4. The standard InChI is InChI=1S/C27H29N3O4S/c1-4-6-26(31)29-25-8-5-7-20(17(25)2)21-9-10-22(27(28)32)24-16-19(15-23(21)24)18-11-13-30(14-12-18)35(3,33)34/h4-11,15H,12-14,16H2,1-3H3,(H2,28,32)(H,29,31)/b6-4+. The lowest BCUT2D eigenvalue weighted by molar-refractivity contribution is -0.111. The van der Waals surface area contributed by atoms with Crippen molar-refractivity contribution in [3.8, 4) is 11.1 Å². The molecule has 182 valence electrons. The third-order valence-electron chi connectivity index (χ3n) is 6.56. The van der Waals surface area contributed by atoms with Gasteiger partial charge < -0.3 is 11.1 Å². The van der Waals surface area contributed by atoms with Gasteiger partial charge in [-0.25, -0.2) is 8.42 Å². The number of primary amides is 1. The number of hydrogen-bond acceptors (Lipinski definition) is 4. The summed E-state index contributed by atoms with van der Waals surface area (Å²) in [5.41, 5.74) is 13.7. The van der Waals surface area contributed by atoms with Gasteiger partial charge in [0, 0.05) is 24.3 Å². The third kappa shape index (κ3) is 4.99. The van der Waals surface area contributed by atoms with Crippen molar-refractivity contribution in [2.45, 2.75) is 26.7 Å². The summed E-state index contributed by atoms with van der Waals surface area (Å²) in [6, 6.07) is 9.41. The molecule has 0 saturated heterocycles. The Bertz CT molecular complexity index is 1420. The zero-order valence-electron chi connectivity index (χ0n) is 20.1. The van der Waals surface area contributed by atoms with Gasteiger partial charge in [0.1, 0.15) is 0 Å². The average Bonchev–Trinajstić information content (AvgIpc) is 3.25. The molecule has 2 amide bonds. The second-order valence-electron chi connectivity index (χ2n) is 8.83. The molecule has 2 aliphatic rings. The highest BCUT2D eigenvalue weighted by Crippen LogP contribution is 2.41. The molecule has 0 saturated carbocycles. The van der Waals surface area contributed by atoms with Crippen molar-refractivity contribution < 1.29 is 18.0 Å². The van der Waals surface area contributed by atoms with Gasteiger partial charge in [0.05, 0.1) is 6.26 Å². The molecule has 7 nitrogen and oxygen atoms in total. The summed E-state index contributed by atoms with van der Waals surface area (Å²) in [7, 11) is -3.23. The van der Waals surface area contributed by atoms with Crippen LogP contribution in [0.5, 0.6) is 0 Å². The number of benzene rings is 2. The predicted octanol–water partition coefficient (Wildman–Crippen LogP) is 3.81. The fraction of sp³-hybridized carbons (Fsp3) is 0.259. The van der Waals surface area contributed by atoms with Gasteiger partial charge in [-0.2, -0.15) is 4.31 Å². The maximum atomic E-state index is 12.2. The Hall–Kier alpha value is -3.49. The molecular weight excluding hydrogens is 462 g/mol. The van der Waals surface area contributed by atoms with Crippen molar-refractivity contribution in [3.05, 3.63) is 82.0 Å². The van der Waals surface area contributed by atoms with E-state index in [9.17, 15) is 18.0 Å². The van der Waals surface area contributed by atoms with Crippen LogP contribution in [0, 0.1) is 6.92 Å². The maximum absolute atomic E-state index is 12.2. The van der Waals surface area contributed by atoms with Crippen molar-refractivity contribution in [2.75, 3.05) is 24.7 Å². The molecule has 2 aromatic carbocycles. The minimum absolute atomic E-state index is 0.198. The van der Waals surface area contributed by atoms with E-state index < -0.39 is 15.9 Å². The first-order valence-corrected chi connectivity index (χ1v) is 13.3. The smallest absolute Gasteiger partial charge is 0.249 e. The van der Waals surface area contributed by atoms with Gasteiger partial charge in [-0.3, -0.25) is 9.59 Å². The number of anilines is 1. The van der Waals surface area contributed by atoms with E-state index in [1.54, 1.807) is 19.1 Å². The minimum Gasteiger partial charge on any atom is -0.366 e. The number of allylic oxidation sites excluding steroid dienone is 2. The largest absolute Gasteiger partial charge is 0.366 e. The van der Waals surface area contributed by atoms with Crippen LogP contribution in [-0.2, 0) is 21.2 Å². The van der Waals surface area contributed by atoms with Gasteiger partial charge >= 0.3 is 0 Å². The van der Waals surface area contributed by atoms with Crippen LogP contribution in [0.25, 0.3) is 17.2 Å². The summed E-state index contributed by atoms with van der Waals surface area (Å²) in [4.78, 5) is 24.3. The molecule has 1 aliphatic heterocycles. The fourth-order valence-electron chi connectivity index (χ4n) is 4.74. The van der Waals surface area contributed by atoms with Crippen LogP contribution in [0.3, 0.4) is 0 Å². The molecule has 0 unspecified atom stereocenters. The Morgan fingerprint density at radius 2 is 1.89 bits per heavy atom. The van der Waals surface area contributed by atoms with E-state index in [1.807, 2.05) is 37.3 Å². The van der Waals surface area contributed by atoms with Gasteiger partial charge in [0.15, 0.2) is 0 Å². The number of fused-ring (bicyclic) bond motifs is 1. The summed E-state index contributed by atoms with van der Waals surface area (Å²) >= 11 is 0. The number of carbonyl (C=O) groups is 2. The monoisotopic (exact) mass is 491 g/mol. The number of hydrogen-bond donors (Lipinski definition) is 2. The zero-order valence-corrected chi connectivity index (χ0v) is 20.9. The normalized spacial score (nSPS) is 16.1. The minimum atomic E-state index is -3.23. The molecule has 0 radical (unpaired) electrons. The van der Waals surface area contributed by atoms with Crippen LogP contribution in [0.2, 0.25) is 0 Å². The van der Waals surface area contributed by atoms with E-state index in [1.165, 1.54) is 16.6 Å². The molecule has 1 heterocycles.